The second-order valence-corrected chi connectivity index (χ2v) is 5.74. The lowest BCUT2D eigenvalue weighted by molar-refractivity contribution is 0.0779. The number of anilines is 1. The van der Waals surface area contributed by atoms with E-state index in [0.29, 0.717) is 12.1 Å². The maximum absolute atomic E-state index is 5.67. The van der Waals surface area contributed by atoms with Crippen molar-refractivity contribution in [1.29, 1.82) is 0 Å². The molecule has 1 N–H and O–H groups in total. The molecule has 1 aromatic heterocycles. The minimum Gasteiger partial charge on any atom is -0.367 e. The highest BCUT2D eigenvalue weighted by molar-refractivity contribution is 5.58. The van der Waals surface area contributed by atoms with Crippen molar-refractivity contribution >= 4 is 5.82 Å². The average molecular weight is 245 g/mol. The van der Waals surface area contributed by atoms with Crippen LogP contribution in [0.1, 0.15) is 36.8 Å². The van der Waals surface area contributed by atoms with Crippen molar-refractivity contribution in [3.05, 3.63) is 22.9 Å². The molecule has 4 rings (SSSR count). The van der Waals surface area contributed by atoms with Crippen LogP contribution in [0.4, 0.5) is 5.82 Å². The van der Waals surface area contributed by atoms with E-state index in [-0.39, 0.29) is 6.10 Å². The number of rotatable bonds is 0. The van der Waals surface area contributed by atoms with Crippen molar-refractivity contribution < 1.29 is 4.74 Å². The first-order valence-corrected chi connectivity index (χ1v) is 6.87. The Hall–Kier alpha value is -1.13. The Kier molecular flexibility index (Phi) is 2.20. The van der Waals surface area contributed by atoms with E-state index in [2.05, 4.69) is 30.1 Å². The van der Waals surface area contributed by atoms with Gasteiger partial charge in [0.15, 0.2) is 0 Å². The van der Waals surface area contributed by atoms with Gasteiger partial charge in [-0.15, -0.1) is 0 Å². The fourth-order valence-corrected chi connectivity index (χ4v) is 3.56. The predicted molar refractivity (Wildman–Crippen MR) is 69.7 cm³/mol. The van der Waals surface area contributed by atoms with Gasteiger partial charge in [-0.3, -0.25) is 0 Å². The number of nitrogens with one attached hydrogen (secondary N) is 1. The second-order valence-electron chi connectivity index (χ2n) is 5.74. The average Bonchev–Trinajstić information content (AvgIpc) is 2.89. The van der Waals surface area contributed by atoms with Gasteiger partial charge in [0.2, 0.25) is 0 Å². The zero-order chi connectivity index (χ0) is 12.3. The fraction of sp³-hybridized carbons (Fsp3) is 0.643. The molecule has 4 heteroatoms. The van der Waals surface area contributed by atoms with E-state index >= 15 is 0 Å². The van der Waals surface area contributed by atoms with Crippen molar-refractivity contribution in [3.63, 3.8) is 0 Å². The fourth-order valence-electron chi connectivity index (χ4n) is 3.56. The molecule has 4 nitrogen and oxygen atoms in total. The van der Waals surface area contributed by atoms with Gasteiger partial charge in [0.1, 0.15) is 5.82 Å². The van der Waals surface area contributed by atoms with Crippen LogP contribution in [0.3, 0.4) is 0 Å². The predicted octanol–water partition coefficient (Wildman–Crippen LogP) is 1.40. The molecule has 1 unspecified atom stereocenters. The maximum Gasteiger partial charge on any atom is 0.132 e. The first-order valence-electron chi connectivity index (χ1n) is 6.87. The highest BCUT2D eigenvalue weighted by Crippen LogP contribution is 2.38. The molecule has 3 aliphatic heterocycles. The number of ether oxygens (including phenoxy) is 1. The molecule has 0 aliphatic carbocycles. The minimum absolute atomic E-state index is 0.155. The zero-order valence-corrected chi connectivity index (χ0v) is 10.9. The van der Waals surface area contributed by atoms with E-state index in [9.17, 15) is 0 Å². The van der Waals surface area contributed by atoms with Crippen LogP contribution in [0.5, 0.6) is 0 Å². The van der Waals surface area contributed by atoms with Crippen molar-refractivity contribution in [2.75, 3.05) is 18.0 Å². The molecule has 1 fully saturated rings. The molecule has 0 saturated carbocycles. The summed E-state index contributed by atoms with van der Waals surface area (Å²) in [5.41, 5.74) is 3.86. The van der Waals surface area contributed by atoms with Crippen molar-refractivity contribution in [2.45, 2.75) is 45.1 Å². The van der Waals surface area contributed by atoms with Gasteiger partial charge in [-0.25, -0.2) is 4.98 Å². The Balaban J connectivity index is 1.81. The first kappa shape index (κ1) is 10.8. The van der Waals surface area contributed by atoms with Crippen LogP contribution in [-0.2, 0) is 17.8 Å². The Labute approximate surface area is 107 Å². The Morgan fingerprint density at radius 3 is 3.11 bits per heavy atom. The van der Waals surface area contributed by atoms with Crippen LogP contribution in [-0.4, -0.2) is 30.2 Å². The zero-order valence-electron chi connectivity index (χ0n) is 10.9. The van der Waals surface area contributed by atoms with Crippen LogP contribution in [0, 0.1) is 0 Å². The van der Waals surface area contributed by atoms with Gasteiger partial charge in [-0.1, -0.05) is 0 Å². The van der Waals surface area contributed by atoms with Gasteiger partial charge in [-0.2, -0.15) is 0 Å². The Morgan fingerprint density at radius 2 is 2.22 bits per heavy atom. The third-order valence-corrected chi connectivity index (χ3v) is 4.45. The smallest absolute Gasteiger partial charge is 0.132 e. The topological polar surface area (TPSA) is 37.4 Å². The van der Waals surface area contributed by atoms with E-state index in [1.54, 1.807) is 0 Å². The maximum atomic E-state index is 5.67. The molecule has 18 heavy (non-hydrogen) atoms. The number of hydrogen-bond donors (Lipinski definition) is 1. The highest BCUT2D eigenvalue weighted by atomic mass is 16.5. The van der Waals surface area contributed by atoms with Crippen LogP contribution >= 0.6 is 0 Å². The third-order valence-electron chi connectivity index (χ3n) is 4.45. The number of nitrogens with zero attached hydrogens (tertiary/aromatic N) is 2. The minimum atomic E-state index is 0.155. The molecule has 3 atom stereocenters. The Morgan fingerprint density at radius 1 is 1.33 bits per heavy atom. The first-order chi connectivity index (χ1) is 8.74. The molecule has 0 radical (unpaired) electrons. The number of hydrogen-bond acceptors (Lipinski definition) is 4. The van der Waals surface area contributed by atoms with E-state index in [0.717, 1.165) is 31.8 Å². The molecule has 1 saturated heterocycles. The number of pyridine rings is 1. The normalized spacial score (nSPS) is 33.2. The van der Waals surface area contributed by atoms with Gasteiger partial charge in [0.25, 0.3) is 0 Å². The molecule has 96 valence electrons. The molecule has 1 aromatic rings. The molecular weight excluding hydrogens is 226 g/mol. The summed E-state index contributed by atoms with van der Waals surface area (Å²) in [6.45, 7) is 7.25. The van der Waals surface area contributed by atoms with Crippen LogP contribution in [0.15, 0.2) is 6.07 Å². The molecule has 0 spiro atoms. The Bertz CT molecular complexity index is 502. The van der Waals surface area contributed by atoms with Crippen LogP contribution in [0.25, 0.3) is 0 Å². The third kappa shape index (κ3) is 1.36. The number of piperazine rings is 1. The quantitative estimate of drug-likeness (QED) is 0.749. The van der Waals surface area contributed by atoms with E-state index < -0.39 is 0 Å². The van der Waals surface area contributed by atoms with Gasteiger partial charge in [-0.05, 0) is 31.9 Å². The highest BCUT2D eigenvalue weighted by Gasteiger charge is 2.38. The van der Waals surface area contributed by atoms with E-state index in [1.165, 1.54) is 16.9 Å². The molecule has 0 amide bonds. The van der Waals surface area contributed by atoms with Gasteiger partial charge in [0.05, 0.1) is 18.4 Å². The van der Waals surface area contributed by atoms with Crippen molar-refractivity contribution in [1.82, 2.24) is 10.3 Å². The summed E-state index contributed by atoms with van der Waals surface area (Å²) in [5, 5.41) is 3.51. The number of aromatic nitrogens is 1. The lowest BCUT2D eigenvalue weighted by atomic mass is 10.1. The molecule has 3 aliphatic rings. The van der Waals surface area contributed by atoms with Gasteiger partial charge in [0, 0.05) is 30.7 Å². The summed E-state index contributed by atoms with van der Waals surface area (Å²) < 4.78 is 5.67. The second kappa shape index (κ2) is 3.68. The lowest BCUT2D eigenvalue weighted by Crippen LogP contribution is -2.55. The monoisotopic (exact) mass is 245 g/mol. The van der Waals surface area contributed by atoms with Crippen LogP contribution < -0.4 is 10.2 Å². The lowest BCUT2D eigenvalue weighted by Gasteiger charge is -2.37. The summed E-state index contributed by atoms with van der Waals surface area (Å²) in [4.78, 5) is 7.43. The van der Waals surface area contributed by atoms with E-state index in [1.807, 2.05) is 0 Å². The van der Waals surface area contributed by atoms with Crippen molar-refractivity contribution in [3.8, 4) is 0 Å². The van der Waals surface area contributed by atoms with Gasteiger partial charge >= 0.3 is 0 Å². The SMILES string of the molecule is CC1OCc2cc3c(nc21)N1[C@@H](CNC[C@H]1C)C3. The largest absolute Gasteiger partial charge is 0.367 e. The summed E-state index contributed by atoms with van der Waals surface area (Å²) in [6.07, 6.45) is 1.28. The summed E-state index contributed by atoms with van der Waals surface area (Å²) in [7, 11) is 0. The molecule has 4 heterocycles. The van der Waals surface area contributed by atoms with E-state index in [4.69, 9.17) is 9.72 Å². The molecule has 0 bridgehead atoms. The standard InChI is InChI=1S/C14H19N3O/c1-8-5-15-6-12-4-10-3-11-7-18-9(2)13(11)16-14(10)17(8)12/h3,8-9,12,15H,4-7H2,1-2H3/t8-,9?,12-/m1/s1. The number of fused-ring (bicyclic) bond motifs is 4. The summed E-state index contributed by atoms with van der Waals surface area (Å²) >= 11 is 0. The van der Waals surface area contributed by atoms with Crippen LogP contribution in [0.2, 0.25) is 0 Å². The molecular formula is C14H19N3O. The van der Waals surface area contributed by atoms with Crippen molar-refractivity contribution in [2.24, 2.45) is 0 Å². The molecule has 0 aromatic carbocycles. The summed E-state index contributed by atoms with van der Waals surface area (Å²) in [6, 6.07) is 3.45. The summed E-state index contributed by atoms with van der Waals surface area (Å²) in [5.74, 6) is 1.21. The van der Waals surface area contributed by atoms with Gasteiger partial charge < -0.3 is 15.0 Å².